The molecule has 0 bridgehead atoms. The van der Waals surface area contributed by atoms with Crippen molar-refractivity contribution in [1.82, 2.24) is 25.5 Å². The highest BCUT2D eigenvalue weighted by atomic mass is 35.5. The van der Waals surface area contributed by atoms with Gasteiger partial charge in [0.2, 0.25) is 0 Å². The number of hydrogen-bond donors (Lipinski definition) is 4. The molecule has 3 aliphatic rings. The number of fused-ring (bicyclic) bond motifs is 1. The van der Waals surface area contributed by atoms with Gasteiger partial charge < -0.3 is 49.1 Å². The molecule has 0 radical (unpaired) electrons. The van der Waals surface area contributed by atoms with Gasteiger partial charge in [0.05, 0.1) is 28.1 Å². The maximum absolute atomic E-state index is 14.8. The number of nitrogens with one attached hydrogen (secondary N) is 3. The Morgan fingerprint density at radius 2 is 1.66 bits per heavy atom. The van der Waals surface area contributed by atoms with Crippen molar-refractivity contribution in [2.24, 2.45) is 23.7 Å². The SMILES string of the molecule is CC[C@H]1OC(=O)[C@H](C)[C@@H](OC(=O)Nc2ccc(Cl)c(Cl)c2)[C@H](C)[C@@H](O[C@@H]2O[C@H](C)C[C@H](N(C)C)[C@H]2O)[C@](C)(OC(=O)NC/C=C/c2ccc(-c3ncccn3)cc2)C[C@@H](C)C(=O)[C@H](C)[C@H]2NC(=O)O[C@@]21C. The van der Waals surface area contributed by atoms with Gasteiger partial charge in [-0.3, -0.25) is 14.9 Å². The van der Waals surface area contributed by atoms with Crippen LogP contribution in [0.25, 0.3) is 17.5 Å². The third kappa shape index (κ3) is 13.0. The van der Waals surface area contributed by atoms with Crippen LogP contribution >= 0.6 is 23.2 Å². The molecule has 20 heteroatoms. The fourth-order valence-corrected chi connectivity index (χ4v) is 10.4. The number of amides is 3. The number of anilines is 1. The van der Waals surface area contributed by atoms with E-state index in [9.17, 15) is 29.1 Å². The third-order valence-corrected chi connectivity index (χ3v) is 14.5. The monoisotopic (exact) mass is 1020 g/mol. The number of rotatable bonds is 11. The molecule has 3 aliphatic heterocycles. The zero-order chi connectivity index (χ0) is 51.9. The van der Waals surface area contributed by atoms with Crippen molar-refractivity contribution in [1.29, 1.82) is 0 Å². The maximum Gasteiger partial charge on any atom is 0.411 e. The number of benzene rings is 2. The van der Waals surface area contributed by atoms with Gasteiger partial charge in [0.1, 0.15) is 35.8 Å². The first-order valence-corrected chi connectivity index (χ1v) is 24.6. The largest absolute Gasteiger partial charge is 0.458 e. The second-order valence-corrected chi connectivity index (χ2v) is 20.2. The van der Waals surface area contributed by atoms with E-state index in [0.29, 0.717) is 12.2 Å². The van der Waals surface area contributed by atoms with Gasteiger partial charge in [-0.05, 0) is 90.9 Å². The molecule has 0 unspecified atom stereocenters. The van der Waals surface area contributed by atoms with Crippen LogP contribution in [0.1, 0.15) is 80.2 Å². The van der Waals surface area contributed by atoms with E-state index in [1.807, 2.05) is 56.3 Å². The van der Waals surface area contributed by atoms with Crippen LogP contribution in [0.5, 0.6) is 0 Å². The second kappa shape index (κ2) is 23.5. The zero-order valence-corrected chi connectivity index (χ0v) is 43.2. The summed E-state index contributed by atoms with van der Waals surface area (Å²) in [6.07, 6.45) is -2.30. The van der Waals surface area contributed by atoms with E-state index in [2.05, 4.69) is 25.9 Å². The van der Waals surface area contributed by atoms with Crippen LogP contribution < -0.4 is 16.0 Å². The van der Waals surface area contributed by atoms with Crippen LogP contribution in [0, 0.1) is 23.7 Å². The van der Waals surface area contributed by atoms with E-state index < -0.39 is 108 Å². The van der Waals surface area contributed by atoms with Crippen molar-refractivity contribution in [2.45, 2.75) is 135 Å². The van der Waals surface area contributed by atoms with E-state index in [1.54, 1.807) is 66.1 Å². The molecule has 3 amide bonds. The molecule has 6 rings (SSSR count). The van der Waals surface area contributed by atoms with Crippen molar-refractivity contribution in [2.75, 3.05) is 26.0 Å². The van der Waals surface area contributed by atoms with E-state index >= 15 is 0 Å². The number of aliphatic hydroxyl groups is 1. The van der Waals surface area contributed by atoms with E-state index in [-0.39, 0.29) is 40.9 Å². The minimum atomic E-state index is -1.82. The summed E-state index contributed by atoms with van der Waals surface area (Å²) in [6, 6.07) is 12.3. The average Bonchev–Trinajstić information content (AvgIpc) is 3.65. The Morgan fingerprint density at radius 1 is 0.972 bits per heavy atom. The first-order valence-electron chi connectivity index (χ1n) is 23.9. The number of aliphatic hydroxyl groups excluding tert-OH is 1. The van der Waals surface area contributed by atoms with Gasteiger partial charge in [0.25, 0.3) is 0 Å². The number of aromatic nitrogens is 2. The molecule has 14 atom stereocenters. The molecule has 1 aromatic heterocycles. The molecule has 386 valence electrons. The number of halogens is 2. The van der Waals surface area contributed by atoms with Gasteiger partial charge in [-0.15, -0.1) is 0 Å². The summed E-state index contributed by atoms with van der Waals surface area (Å²) in [6.45, 7) is 13.3. The number of hydrogen-bond acceptors (Lipinski definition) is 15. The summed E-state index contributed by atoms with van der Waals surface area (Å²) in [4.78, 5) is 81.1. The summed E-state index contributed by atoms with van der Waals surface area (Å²) in [5, 5.41) is 20.5. The number of ether oxygens (including phenoxy) is 6. The molecule has 4 heterocycles. The third-order valence-electron chi connectivity index (χ3n) is 13.8. The van der Waals surface area contributed by atoms with Crippen LogP contribution in [0.2, 0.25) is 10.0 Å². The molecule has 3 aromatic rings. The van der Waals surface area contributed by atoms with Gasteiger partial charge in [-0.2, -0.15) is 0 Å². The number of cyclic esters (lactones) is 1. The first kappa shape index (κ1) is 55.0. The molecule has 3 fully saturated rings. The zero-order valence-electron chi connectivity index (χ0n) is 41.7. The first-order chi connectivity index (χ1) is 33.5. The summed E-state index contributed by atoms with van der Waals surface area (Å²) in [5.41, 5.74) is -1.44. The number of esters is 1. The predicted octanol–water partition coefficient (Wildman–Crippen LogP) is 8.08. The molecule has 0 saturated carbocycles. The lowest BCUT2D eigenvalue weighted by atomic mass is 9.73. The number of Topliss-reactive ketones (excluding diaryl/α,β-unsaturated/α-hetero) is 1. The van der Waals surface area contributed by atoms with Crippen LogP contribution in [-0.2, 0) is 38.0 Å². The van der Waals surface area contributed by atoms with Crippen molar-refractivity contribution in [3.63, 3.8) is 0 Å². The van der Waals surface area contributed by atoms with Crippen LogP contribution in [0.3, 0.4) is 0 Å². The van der Waals surface area contributed by atoms with Gasteiger partial charge in [0.15, 0.2) is 17.7 Å². The fraction of sp³-hybridized carbons (Fsp3) is 0.549. The Morgan fingerprint density at radius 3 is 2.31 bits per heavy atom. The number of carbonyl (C=O) groups excluding carboxylic acids is 5. The molecule has 4 N–H and O–H groups in total. The number of alkyl carbamates (subject to hydrolysis) is 2. The van der Waals surface area contributed by atoms with E-state index in [1.165, 1.54) is 25.1 Å². The molecule has 0 spiro atoms. The normalized spacial score (nSPS) is 32.7. The van der Waals surface area contributed by atoms with Crippen molar-refractivity contribution in [3.05, 3.63) is 82.6 Å². The van der Waals surface area contributed by atoms with Crippen LogP contribution in [-0.4, -0.2) is 131 Å². The topological polar surface area (TPSA) is 226 Å². The van der Waals surface area contributed by atoms with Gasteiger partial charge in [0, 0.05) is 54.0 Å². The van der Waals surface area contributed by atoms with E-state index in [4.69, 9.17) is 51.6 Å². The van der Waals surface area contributed by atoms with E-state index in [0.717, 1.165) is 11.1 Å². The number of nitrogens with zero attached hydrogens (tertiary/aromatic N) is 3. The number of likely N-dealkylation sites (N-methyl/N-ethyl adjacent to an activating group) is 1. The maximum atomic E-state index is 14.8. The average molecular weight is 1030 g/mol. The molecular weight excluding hydrogens is 959 g/mol. The van der Waals surface area contributed by atoms with Gasteiger partial charge in [-0.1, -0.05) is 87.3 Å². The molecule has 2 aromatic carbocycles. The highest BCUT2D eigenvalue weighted by Crippen LogP contribution is 2.42. The smallest absolute Gasteiger partial charge is 0.411 e. The highest BCUT2D eigenvalue weighted by molar-refractivity contribution is 6.42. The minimum Gasteiger partial charge on any atom is -0.458 e. The second-order valence-electron chi connectivity index (χ2n) is 19.4. The Kier molecular flexibility index (Phi) is 18.2. The van der Waals surface area contributed by atoms with Crippen LogP contribution in [0.15, 0.2) is 67.0 Å². The van der Waals surface area contributed by atoms with Crippen molar-refractivity contribution in [3.8, 4) is 11.4 Å². The molecule has 3 saturated heterocycles. The molecular formula is C51H66Cl2N6O12. The minimum absolute atomic E-state index is 0.0135. The lowest BCUT2D eigenvalue weighted by Crippen LogP contribution is -2.61. The quantitative estimate of drug-likeness (QED) is 0.105. The number of ketones is 1. The Bertz CT molecular complexity index is 2400. The Labute approximate surface area is 424 Å². The standard InChI is InChI=1S/C51H66Cl2N6O12/c1-11-38-51(8)42(58-49(65)71-51)29(4)39(60)27(2)26-50(7,70-47(63)56-21-12-14-32-15-17-33(18-16-32)44-54-22-13-23-55-44)43(69-46-40(61)37(59(9)10)24-28(3)66-46)30(5)41(31(6)45(62)67-38)68-48(64)57-34-19-20-35(52)36(53)25-34/h12-20,22-23,25,27-31,37-38,40-43,46,61H,11,21,24,26H2,1-10H3,(H,56,63)(H,57,64)(H,58,65)/b14-12+/t27-,28-,29+,30+,31-,37+,38-,40-,41+,42-,43-,46+,50-,51-/m1/s1. The summed E-state index contributed by atoms with van der Waals surface area (Å²) in [5.74, 6) is -4.79. The Balaban J connectivity index is 1.41. The fourth-order valence-electron chi connectivity index (χ4n) is 10.1. The number of carbonyl (C=O) groups is 5. The molecule has 0 aliphatic carbocycles. The molecule has 18 nitrogen and oxygen atoms in total. The molecule has 71 heavy (non-hydrogen) atoms. The summed E-state index contributed by atoms with van der Waals surface area (Å²) >= 11 is 12.4. The Hall–Kier alpha value is -5.37. The highest BCUT2D eigenvalue weighted by Gasteiger charge is 2.58. The lowest BCUT2D eigenvalue weighted by molar-refractivity contribution is -0.298. The lowest BCUT2D eigenvalue weighted by Gasteiger charge is -2.48. The summed E-state index contributed by atoms with van der Waals surface area (Å²) in [7, 11) is 3.64. The van der Waals surface area contributed by atoms with Crippen LogP contribution in [0.4, 0.5) is 20.1 Å². The van der Waals surface area contributed by atoms with Crippen molar-refractivity contribution >= 4 is 65.0 Å². The van der Waals surface area contributed by atoms with Gasteiger partial charge in [-0.25, -0.2) is 24.4 Å². The van der Waals surface area contributed by atoms with Gasteiger partial charge >= 0.3 is 24.2 Å². The van der Waals surface area contributed by atoms with Crippen molar-refractivity contribution < 1.29 is 57.5 Å². The predicted molar refractivity (Wildman–Crippen MR) is 265 cm³/mol. The summed E-state index contributed by atoms with van der Waals surface area (Å²) < 4.78 is 37.9.